The van der Waals surface area contributed by atoms with E-state index >= 15 is 0 Å². The third kappa shape index (κ3) is 2.96. The first-order chi connectivity index (χ1) is 12.3. The molecule has 2 aromatic rings. The maximum Gasteiger partial charge on any atom is 0.338 e. The quantitative estimate of drug-likeness (QED) is 0.875. The molecule has 1 amide bonds. The number of aryl methyl sites for hydroxylation is 2. The molecule has 2 N–H and O–H groups in total. The molecule has 26 heavy (non-hydrogen) atoms. The molecule has 3 rings (SSSR count). The number of hydrogen-bond acceptors (Lipinski definition) is 4. The Morgan fingerprint density at radius 1 is 1.27 bits per heavy atom. The van der Waals surface area contributed by atoms with E-state index in [1.165, 1.54) is 13.2 Å². The van der Waals surface area contributed by atoms with Crippen LogP contribution in [0.4, 0.5) is 10.1 Å². The van der Waals surface area contributed by atoms with Crippen molar-refractivity contribution in [2.24, 2.45) is 0 Å². The number of anilines is 1. The number of fused-ring (bicyclic) bond motifs is 1. The van der Waals surface area contributed by atoms with Gasteiger partial charge in [0.15, 0.2) is 11.6 Å². The first kappa shape index (κ1) is 17.7. The molecule has 0 radical (unpaired) electrons. The predicted octanol–water partition coefficient (Wildman–Crippen LogP) is 3.26. The Morgan fingerprint density at radius 3 is 2.62 bits per heavy atom. The highest BCUT2D eigenvalue weighted by atomic mass is 19.1. The smallest absolute Gasteiger partial charge is 0.338 e. The molecule has 0 spiro atoms. The minimum absolute atomic E-state index is 0.0669. The van der Waals surface area contributed by atoms with Gasteiger partial charge in [0.2, 0.25) is 5.91 Å². The molecule has 2 aromatic carbocycles. The van der Waals surface area contributed by atoms with Crippen molar-refractivity contribution < 1.29 is 28.6 Å². The molecule has 7 heteroatoms. The van der Waals surface area contributed by atoms with Gasteiger partial charge < -0.3 is 19.9 Å². The van der Waals surface area contributed by atoms with E-state index in [4.69, 9.17) is 14.6 Å². The van der Waals surface area contributed by atoms with Crippen molar-refractivity contribution in [3.8, 4) is 11.5 Å². The molecule has 0 saturated carbocycles. The Bertz CT molecular complexity index is 909. The summed E-state index contributed by atoms with van der Waals surface area (Å²) in [6.07, 6.45) is 0. The second kappa shape index (κ2) is 6.67. The fourth-order valence-electron chi connectivity index (χ4n) is 2.93. The Balaban J connectivity index is 1.90. The molecule has 0 saturated heterocycles. The molecule has 0 aromatic heterocycles. The SMILES string of the molecule is COc1c(NC(=O)C2COc3cc(C)c(C)cc32)ccc(C(=O)O)c1F. The van der Waals surface area contributed by atoms with Crippen LogP contribution in [0.25, 0.3) is 0 Å². The van der Waals surface area contributed by atoms with Gasteiger partial charge in [0, 0.05) is 5.56 Å². The normalized spacial score (nSPS) is 15.2. The molecule has 0 bridgehead atoms. The lowest BCUT2D eigenvalue weighted by atomic mass is 9.96. The van der Waals surface area contributed by atoms with Crippen LogP contribution in [0.3, 0.4) is 0 Å². The summed E-state index contributed by atoms with van der Waals surface area (Å²) < 4.78 is 24.8. The van der Waals surface area contributed by atoms with Gasteiger partial charge in [-0.3, -0.25) is 4.79 Å². The number of amides is 1. The van der Waals surface area contributed by atoms with Crippen LogP contribution in [-0.4, -0.2) is 30.7 Å². The average molecular weight is 359 g/mol. The summed E-state index contributed by atoms with van der Waals surface area (Å²) in [5.41, 5.74) is 2.42. The van der Waals surface area contributed by atoms with Crippen molar-refractivity contribution >= 4 is 17.6 Å². The van der Waals surface area contributed by atoms with Gasteiger partial charge in [0.25, 0.3) is 0 Å². The van der Waals surface area contributed by atoms with Gasteiger partial charge in [-0.1, -0.05) is 6.07 Å². The third-order valence-electron chi connectivity index (χ3n) is 4.51. The van der Waals surface area contributed by atoms with Crippen molar-refractivity contribution in [1.29, 1.82) is 0 Å². The second-order valence-corrected chi connectivity index (χ2v) is 6.14. The van der Waals surface area contributed by atoms with E-state index in [0.29, 0.717) is 5.75 Å². The third-order valence-corrected chi connectivity index (χ3v) is 4.51. The lowest BCUT2D eigenvalue weighted by Crippen LogP contribution is -2.23. The van der Waals surface area contributed by atoms with E-state index in [2.05, 4.69) is 5.32 Å². The van der Waals surface area contributed by atoms with Gasteiger partial charge in [-0.25, -0.2) is 9.18 Å². The monoisotopic (exact) mass is 359 g/mol. The van der Waals surface area contributed by atoms with Gasteiger partial charge in [-0.15, -0.1) is 0 Å². The van der Waals surface area contributed by atoms with Gasteiger partial charge in [0.05, 0.1) is 18.4 Å². The highest BCUT2D eigenvalue weighted by Gasteiger charge is 2.32. The van der Waals surface area contributed by atoms with Crippen LogP contribution in [-0.2, 0) is 4.79 Å². The van der Waals surface area contributed by atoms with Crippen molar-refractivity contribution in [2.45, 2.75) is 19.8 Å². The molecule has 1 aliphatic heterocycles. The second-order valence-electron chi connectivity index (χ2n) is 6.14. The zero-order valence-corrected chi connectivity index (χ0v) is 14.6. The van der Waals surface area contributed by atoms with Gasteiger partial charge in [-0.2, -0.15) is 0 Å². The zero-order chi connectivity index (χ0) is 19.0. The largest absolute Gasteiger partial charge is 0.492 e. The van der Waals surface area contributed by atoms with Crippen molar-refractivity contribution in [3.05, 3.63) is 52.3 Å². The maximum absolute atomic E-state index is 14.3. The minimum atomic E-state index is -1.41. The van der Waals surface area contributed by atoms with E-state index in [0.717, 1.165) is 22.8 Å². The molecule has 136 valence electrons. The summed E-state index contributed by atoms with van der Waals surface area (Å²) in [6, 6.07) is 6.19. The number of benzene rings is 2. The van der Waals surface area contributed by atoms with Crippen LogP contribution in [0, 0.1) is 19.7 Å². The van der Waals surface area contributed by atoms with Crippen molar-refractivity contribution in [2.75, 3.05) is 19.0 Å². The van der Waals surface area contributed by atoms with Gasteiger partial charge in [0.1, 0.15) is 18.3 Å². The Morgan fingerprint density at radius 2 is 1.96 bits per heavy atom. The minimum Gasteiger partial charge on any atom is -0.492 e. The number of carboxylic acid groups (broad SMARTS) is 1. The van der Waals surface area contributed by atoms with E-state index < -0.39 is 23.3 Å². The highest BCUT2D eigenvalue weighted by molar-refractivity contribution is 5.99. The lowest BCUT2D eigenvalue weighted by molar-refractivity contribution is -0.117. The van der Waals surface area contributed by atoms with Crippen LogP contribution in [0.2, 0.25) is 0 Å². The topological polar surface area (TPSA) is 84.9 Å². The summed E-state index contributed by atoms with van der Waals surface area (Å²) in [5.74, 6) is -3.04. The first-order valence-electron chi connectivity index (χ1n) is 7.98. The molecule has 1 atom stereocenters. The number of nitrogens with one attached hydrogen (secondary N) is 1. The lowest BCUT2D eigenvalue weighted by Gasteiger charge is -2.15. The zero-order valence-electron chi connectivity index (χ0n) is 14.6. The molecule has 1 aliphatic rings. The van der Waals surface area contributed by atoms with Crippen LogP contribution in [0.15, 0.2) is 24.3 Å². The van der Waals surface area contributed by atoms with E-state index in [-0.39, 0.29) is 24.0 Å². The standard InChI is InChI=1S/C19H18FNO5/c1-9-6-12-13(8-26-15(12)7-10(9)2)18(22)21-14-5-4-11(19(23)24)16(20)17(14)25-3/h4-7,13H,8H2,1-3H3,(H,21,22)(H,23,24). The number of aromatic carboxylic acids is 1. The van der Waals surface area contributed by atoms with Crippen molar-refractivity contribution in [1.82, 2.24) is 0 Å². The molecular weight excluding hydrogens is 341 g/mol. The van der Waals surface area contributed by atoms with Crippen LogP contribution in [0.5, 0.6) is 11.5 Å². The number of rotatable bonds is 4. The maximum atomic E-state index is 14.3. The number of carbonyl (C=O) groups excluding carboxylic acids is 1. The number of methoxy groups -OCH3 is 1. The molecular formula is C19H18FNO5. The molecule has 0 aliphatic carbocycles. The first-order valence-corrected chi connectivity index (χ1v) is 7.98. The average Bonchev–Trinajstić information content (AvgIpc) is 2.98. The van der Waals surface area contributed by atoms with Gasteiger partial charge in [-0.05, 0) is 43.2 Å². The number of carboxylic acids is 1. The predicted molar refractivity (Wildman–Crippen MR) is 92.7 cm³/mol. The summed E-state index contributed by atoms with van der Waals surface area (Å²) in [7, 11) is 1.21. The van der Waals surface area contributed by atoms with E-state index in [1.807, 2.05) is 26.0 Å². The number of hydrogen-bond donors (Lipinski definition) is 2. The number of carbonyl (C=O) groups is 2. The Hall–Kier alpha value is -3.09. The Labute approximate surface area is 149 Å². The molecule has 6 nitrogen and oxygen atoms in total. The highest BCUT2D eigenvalue weighted by Crippen LogP contribution is 2.38. The molecule has 1 unspecified atom stereocenters. The van der Waals surface area contributed by atoms with Gasteiger partial charge >= 0.3 is 5.97 Å². The summed E-state index contributed by atoms with van der Waals surface area (Å²) in [5, 5.41) is 11.6. The van der Waals surface area contributed by atoms with Crippen LogP contribution >= 0.6 is 0 Å². The van der Waals surface area contributed by atoms with E-state index in [1.54, 1.807) is 0 Å². The summed E-state index contributed by atoms with van der Waals surface area (Å²) in [4.78, 5) is 23.7. The van der Waals surface area contributed by atoms with E-state index in [9.17, 15) is 14.0 Å². The summed E-state index contributed by atoms with van der Waals surface area (Å²) >= 11 is 0. The fraction of sp³-hybridized carbons (Fsp3) is 0.263. The molecule has 0 fully saturated rings. The number of ether oxygens (including phenoxy) is 2. The van der Waals surface area contributed by atoms with Crippen LogP contribution in [0.1, 0.15) is 33.0 Å². The fourth-order valence-corrected chi connectivity index (χ4v) is 2.93. The Kier molecular flexibility index (Phi) is 4.54. The van der Waals surface area contributed by atoms with Crippen molar-refractivity contribution in [3.63, 3.8) is 0 Å². The molecule has 1 heterocycles. The summed E-state index contributed by atoms with van der Waals surface area (Å²) in [6.45, 7) is 4.10. The van der Waals surface area contributed by atoms with Crippen LogP contribution < -0.4 is 14.8 Å². The number of halogens is 1.